The molecular formula is C10H14O2S. The minimum atomic E-state index is -0.318. The monoisotopic (exact) mass is 198 g/mol. The predicted octanol–water partition coefficient (Wildman–Crippen LogP) is 1.83. The molecule has 2 heterocycles. The maximum absolute atomic E-state index is 9.80. The SMILES string of the molecule is OC(Cc1cccs1)C1CCCO1. The lowest BCUT2D eigenvalue weighted by Gasteiger charge is -2.16. The average molecular weight is 198 g/mol. The van der Waals surface area contributed by atoms with Gasteiger partial charge >= 0.3 is 0 Å². The Morgan fingerprint density at radius 3 is 3.23 bits per heavy atom. The molecule has 0 radical (unpaired) electrons. The first-order valence-electron chi connectivity index (χ1n) is 4.68. The van der Waals surface area contributed by atoms with Crippen LogP contribution in [0.25, 0.3) is 0 Å². The van der Waals surface area contributed by atoms with Crippen molar-refractivity contribution < 1.29 is 9.84 Å². The molecule has 1 aromatic heterocycles. The van der Waals surface area contributed by atoms with Crippen LogP contribution < -0.4 is 0 Å². The molecule has 1 fully saturated rings. The van der Waals surface area contributed by atoms with Crippen LogP contribution in [-0.2, 0) is 11.2 Å². The molecule has 0 bridgehead atoms. The lowest BCUT2D eigenvalue weighted by Crippen LogP contribution is -2.26. The van der Waals surface area contributed by atoms with Gasteiger partial charge in [0.15, 0.2) is 0 Å². The quantitative estimate of drug-likeness (QED) is 0.803. The van der Waals surface area contributed by atoms with E-state index in [0.717, 1.165) is 25.9 Å². The Balaban J connectivity index is 1.87. The van der Waals surface area contributed by atoms with Crippen LogP contribution in [0.1, 0.15) is 17.7 Å². The molecule has 2 rings (SSSR count). The van der Waals surface area contributed by atoms with Crippen LogP contribution in [0.3, 0.4) is 0 Å². The Hall–Kier alpha value is -0.380. The maximum Gasteiger partial charge on any atom is 0.0849 e. The van der Waals surface area contributed by atoms with Crippen molar-refractivity contribution in [3.05, 3.63) is 22.4 Å². The molecule has 1 aromatic rings. The van der Waals surface area contributed by atoms with E-state index in [9.17, 15) is 5.11 Å². The number of rotatable bonds is 3. The van der Waals surface area contributed by atoms with Crippen LogP contribution in [0, 0.1) is 0 Å². The Labute approximate surface area is 82.2 Å². The van der Waals surface area contributed by atoms with Crippen molar-refractivity contribution in [1.29, 1.82) is 0 Å². The summed E-state index contributed by atoms with van der Waals surface area (Å²) in [5.41, 5.74) is 0. The summed E-state index contributed by atoms with van der Waals surface area (Å²) in [6.07, 6.45) is 2.59. The van der Waals surface area contributed by atoms with Crippen molar-refractivity contribution in [2.24, 2.45) is 0 Å². The van der Waals surface area contributed by atoms with Gasteiger partial charge in [-0.1, -0.05) is 6.07 Å². The smallest absolute Gasteiger partial charge is 0.0849 e. The maximum atomic E-state index is 9.80. The van der Waals surface area contributed by atoms with Gasteiger partial charge in [0.25, 0.3) is 0 Å². The normalized spacial score (nSPS) is 24.8. The molecule has 1 saturated heterocycles. The molecule has 2 nitrogen and oxygen atoms in total. The van der Waals surface area contributed by atoms with Crippen LogP contribution in [0.15, 0.2) is 17.5 Å². The van der Waals surface area contributed by atoms with E-state index in [0.29, 0.717) is 0 Å². The molecule has 13 heavy (non-hydrogen) atoms. The third-order valence-electron chi connectivity index (χ3n) is 2.38. The van der Waals surface area contributed by atoms with Crippen LogP contribution in [0.5, 0.6) is 0 Å². The van der Waals surface area contributed by atoms with Gasteiger partial charge in [0.1, 0.15) is 0 Å². The topological polar surface area (TPSA) is 29.5 Å². The fraction of sp³-hybridized carbons (Fsp3) is 0.600. The molecule has 2 unspecified atom stereocenters. The van der Waals surface area contributed by atoms with Crippen LogP contribution in [-0.4, -0.2) is 23.9 Å². The first kappa shape index (κ1) is 9.19. The second kappa shape index (κ2) is 4.22. The van der Waals surface area contributed by atoms with E-state index in [-0.39, 0.29) is 12.2 Å². The minimum Gasteiger partial charge on any atom is -0.390 e. The van der Waals surface area contributed by atoms with Gasteiger partial charge in [-0.15, -0.1) is 11.3 Å². The highest BCUT2D eigenvalue weighted by Gasteiger charge is 2.24. The molecule has 72 valence electrons. The second-order valence-corrected chi connectivity index (χ2v) is 4.43. The van der Waals surface area contributed by atoms with E-state index in [1.165, 1.54) is 4.88 Å². The molecule has 3 heteroatoms. The Morgan fingerprint density at radius 2 is 2.62 bits per heavy atom. The Morgan fingerprint density at radius 1 is 1.69 bits per heavy atom. The number of hydrogen-bond acceptors (Lipinski definition) is 3. The number of thiophene rings is 1. The highest BCUT2D eigenvalue weighted by Crippen LogP contribution is 2.20. The molecule has 0 amide bonds. The third-order valence-corrected chi connectivity index (χ3v) is 3.28. The molecular weight excluding hydrogens is 184 g/mol. The van der Waals surface area contributed by atoms with Crippen molar-refractivity contribution >= 4 is 11.3 Å². The highest BCUT2D eigenvalue weighted by atomic mass is 32.1. The van der Waals surface area contributed by atoms with Gasteiger partial charge in [0, 0.05) is 17.9 Å². The van der Waals surface area contributed by atoms with E-state index in [1.54, 1.807) is 11.3 Å². The molecule has 0 spiro atoms. The fourth-order valence-corrected chi connectivity index (χ4v) is 2.43. The average Bonchev–Trinajstić information content (AvgIpc) is 2.74. The van der Waals surface area contributed by atoms with Crippen LogP contribution >= 0.6 is 11.3 Å². The van der Waals surface area contributed by atoms with E-state index in [4.69, 9.17) is 4.74 Å². The van der Waals surface area contributed by atoms with Gasteiger partial charge < -0.3 is 9.84 Å². The summed E-state index contributed by atoms with van der Waals surface area (Å²) in [6.45, 7) is 0.812. The second-order valence-electron chi connectivity index (χ2n) is 3.40. The molecule has 0 saturated carbocycles. The number of ether oxygens (including phenoxy) is 1. The summed E-state index contributed by atoms with van der Waals surface area (Å²) in [6, 6.07) is 4.07. The third kappa shape index (κ3) is 2.30. The molecule has 0 aromatic carbocycles. The van der Waals surface area contributed by atoms with Gasteiger partial charge in [-0.25, -0.2) is 0 Å². The molecule has 1 aliphatic heterocycles. The predicted molar refractivity (Wildman–Crippen MR) is 53.0 cm³/mol. The molecule has 1 N–H and O–H groups in total. The zero-order valence-electron chi connectivity index (χ0n) is 7.48. The van der Waals surface area contributed by atoms with Gasteiger partial charge in [0.05, 0.1) is 12.2 Å². The number of aliphatic hydroxyl groups excluding tert-OH is 1. The largest absolute Gasteiger partial charge is 0.390 e. The number of aliphatic hydroxyl groups is 1. The molecule has 2 atom stereocenters. The zero-order valence-corrected chi connectivity index (χ0v) is 8.30. The highest BCUT2D eigenvalue weighted by molar-refractivity contribution is 7.09. The van der Waals surface area contributed by atoms with Crippen LogP contribution in [0.4, 0.5) is 0 Å². The first-order chi connectivity index (χ1) is 6.36. The van der Waals surface area contributed by atoms with E-state index >= 15 is 0 Å². The van der Waals surface area contributed by atoms with Crippen molar-refractivity contribution in [3.8, 4) is 0 Å². The van der Waals surface area contributed by atoms with Gasteiger partial charge in [-0.2, -0.15) is 0 Å². The summed E-state index contributed by atoms with van der Waals surface area (Å²) in [5, 5.41) is 11.8. The lowest BCUT2D eigenvalue weighted by molar-refractivity contribution is -0.000398. The summed E-state index contributed by atoms with van der Waals surface area (Å²) < 4.78 is 5.42. The van der Waals surface area contributed by atoms with Gasteiger partial charge in [-0.05, 0) is 24.3 Å². The van der Waals surface area contributed by atoms with Crippen LogP contribution in [0.2, 0.25) is 0 Å². The van der Waals surface area contributed by atoms with Gasteiger partial charge in [0.2, 0.25) is 0 Å². The Kier molecular flexibility index (Phi) is 2.98. The zero-order chi connectivity index (χ0) is 9.10. The van der Waals surface area contributed by atoms with E-state index < -0.39 is 0 Å². The first-order valence-corrected chi connectivity index (χ1v) is 5.56. The Bertz CT molecular complexity index is 239. The van der Waals surface area contributed by atoms with Gasteiger partial charge in [-0.3, -0.25) is 0 Å². The molecule has 0 aliphatic carbocycles. The lowest BCUT2D eigenvalue weighted by atomic mass is 10.1. The van der Waals surface area contributed by atoms with E-state index in [1.807, 2.05) is 11.4 Å². The summed E-state index contributed by atoms with van der Waals surface area (Å²) in [5.74, 6) is 0. The summed E-state index contributed by atoms with van der Waals surface area (Å²) >= 11 is 1.69. The van der Waals surface area contributed by atoms with Crippen molar-refractivity contribution in [2.45, 2.75) is 31.5 Å². The van der Waals surface area contributed by atoms with E-state index in [2.05, 4.69) is 6.07 Å². The number of hydrogen-bond donors (Lipinski definition) is 1. The fourth-order valence-electron chi connectivity index (χ4n) is 1.67. The standard InChI is InChI=1S/C10H14O2S/c11-9(10-4-1-5-12-10)7-8-3-2-6-13-8/h2-3,6,9-11H,1,4-5,7H2. The minimum absolute atomic E-state index is 0.0714. The van der Waals surface area contributed by atoms with Crippen molar-refractivity contribution in [1.82, 2.24) is 0 Å². The summed E-state index contributed by atoms with van der Waals surface area (Å²) in [4.78, 5) is 1.24. The molecule has 1 aliphatic rings. The summed E-state index contributed by atoms with van der Waals surface area (Å²) in [7, 11) is 0. The van der Waals surface area contributed by atoms with Crippen molar-refractivity contribution in [3.63, 3.8) is 0 Å². The van der Waals surface area contributed by atoms with Crippen molar-refractivity contribution in [2.75, 3.05) is 6.61 Å².